The Bertz CT molecular complexity index is 869. The number of thiazole rings is 1. The fourth-order valence-corrected chi connectivity index (χ4v) is 2.66. The second-order valence-corrected chi connectivity index (χ2v) is 5.96. The van der Waals surface area contributed by atoms with Gasteiger partial charge in [0.1, 0.15) is 5.69 Å². The molecule has 24 heavy (non-hydrogen) atoms. The van der Waals surface area contributed by atoms with Gasteiger partial charge in [0.15, 0.2) is 5.01 Å². The van der Waals surface area contributed by atoms with Crippen molar-refractivity contribution in [1.82, 2.24) is 9.97 Å². The Kier molecular flexibility index (Phi) is 4.83. The van der Waals surface area contributed by atoms with Gasteiger partial charge in [0, 0.05) is 23.5 Å². The second kappa shape index (κ2) is 7.20. The van der Waals surface area contributed by atoms with Crippen molar-refractivity contribution < 1.29 is 9.59 Å². The number of benzene rings is 1. The van der Waals surface area contributed by atoms with Crippen LogP contribution in [0.4, 0.5) is 11.4 Å². The number of carbonyl (C=O) groups excluding carboxylic acids is 2. The maximum atomic E-state index is 12.1. The van der Waals surface area contributed by atoms with Crippen LogP contribution < -0.4 is 10.6 Å². The lowest BCUT2D eigenvalue weighted by Gasteiger charge is -2.09. The molecule has 0 aliphatic carbocycles. The average Bonchev–Trinajstić information content (AvgIpc) is 3.13. The molecule has 0 aliphatic heterocycles. The number of nitrogens with zero attached hydrogens (tertiary/aromatic N) is 2. The number of rotatable bonds is 4. The Balaban J connectivity index is 1.71. The summed E-state index contributed by atoms with van der Waals surface area (Å²) < 4.78 is 0. The Morgan fingerprint density at radius 2 is 1.88 bits per heavy atom. The van der Waals surface area contributed by atoms with E-state index in [9.17, 15) is 9.59 Å². The van der Waals surface area contributed by atoms with E-state index in [0.717, 1.165) is 0 Å². The van der Waals surface area contributed by atoms with Gasteiger partial charge in [-0.3, -0.25) is 14.6 Å². The molecule has 0 fully saturated rings. The first-order valence-electron chi connectivity index (χ1n) is 6.86. The Morgan fingerprint density at radius 1 is 1.00 bits per heavy atom. The third kappa shape index (κ3) is 3.76. The summed E-state index contributed by atoms with van der Waals surface area (Å²) >= 11 is 7.40. The Hall–Kier alpha value is -2.77. The Morgan fingerprint density at radius 3 is 2.54 bits per heavy atom. The number of carbonyl (C=O) groups is 2. The van der Waals surface area contributed by atoms with Gasteiger partial charge in [-0.25, -0.2) is 4.98 Å². The highest BCUT2D eigenvalue weighted by Gasteiger charge is 2.12. The van der Waals surface area contributed by atoms with E-state index in [0.29, 0.717) is 27.1 Å². The summed E-state index contributed by atoms with van der Waals surface area (Å²) in [5, 5.41) is 7.74. The normalized spacial score (nSPS) is 10.2. The molecule has 0 unspecified atom stereocenters. The van der Waals surface area contributed by atoms with Crippen molar-refractivity contribution in [2.75, 3.05) is 10.6 Å². The van der Waals surface area contributed by atoms with Crippen molar-refractivity contribution in [3.05, 3.63) is 69.9 Å². The van der Waals surface area contributed by atoms with Crippen molar-refractivity contribution in [2.45, 2.75) is 0 Å². The number of aromatic nitrogens is 2. The maximum absolute atomic E-state index is 12.1. The molecule has 2 N–H and O–H groups in total. The molecule has 120 valence electrons. The van der Waals surface area contributed by atoms with E-state index in [2.05, 4.69) is 20.6 Å². The molecule has 0 saturated carbocycles. The first-order valence-corrected chi connectivity index (χ1v) is 8.12. The van der Waals surface area contributed by atoms with Gasteiger partial charge < -0.3 is 10.6 Å². The quantitative estimate of drug-likeness (QED) is 0.744. The highest BCUT2D eigenvalue weighted by molar-refractivity contribution is 7.11. The van der Waals surface area contributed by atoms with E-state index >= 15 is 0 Å². The highest BCUT2D eigenvalue weighted by Crippen LogP contribution is 2.26. The molecule has 0 radical (unpaired) electrons. The SMILES string of the molecule is O=C(Nc1ccc(NC(=O)c2nccs2)c(Cl)c1)c1ccccn1. The van der Waals surface area contributed by atoms with Gasteiger partial charge in [-0.15, -0.1) is 11.3 Å². The van der Waals surface area contributed by atoms with Crippen LogP contribution in [0.3, 0.4) is 0 Å². The zero-order valence-electron chi connectivity index (χ0n) is 12.2. The number of pyridine rings is 1. The molecule has 1 aromatic carbocycles. The third-order valence-corrected chi connectivity index (χ3v) is 4.08. The highest BCUT2D eigenvalue weighted by atomic mass is 35.5. The topological polar surface area (TPSA) is 84.0 Å². The van der Waals surface area contributed by atoms with Gasteiger partial charge in [0.25, 0.3) is 11.8 Å². The molecule has 3 rings (SSSR count). The largest absolute Gasteiger partial charge is 0.321 e. The number of amides is 2. The van der Waals surface area contributed by atoms with E-state index < -0.39 is 0 Å². The first kappa shape index (κ1) is 16.1. The molecule has 2 heterocycles. The van der Waals surface area contributed by atoms with E-state index in [-0.39, 0.29) is 11.8 Å². The third-order valence-electron chi connectivity index (χ3n) is 3.00. The number of hydrogen-bond acceptors (Lipinski definition) is 5. The monoisotopic (exact) mass is 358 g/mol. The van der Waals surface area contributed by atoms with Crippen molar-refractivity contribution in [3.63, 3.8) is 0 Å². The summed E-state index contributed by atoms with van der Waals surface area (Å²) in [6, 6.07) is 9.88. The van der Waals surface area contributed by atoms with Crippen LogP contribution in [0.15, 0.2) is 54.2 Å². The lowest BCUT2D eigenvalue weighted by Crippen LogP contribution is -2.14. The van der Waals surface area contributed by atoms with Gasteiger partial charge >= 0.3 is 0 Å². The fraction of sp³-hybridized carbons (Fsp3) is 0. The van der Waals surface area contributed by atoms with Crippen molar-refractivity contribution in [1.29, 1.82) is 0 Å². The zero-order chi connectivity index (χ0) is 16.9. The maximum Gasteiger partial charge on any atom is 0.284 e. The average molecular weight is 359 g/mol. The van der Waals surface area contributed by atoms with E-state index in [1.165, 1.54) is 11.3 Å². The van der Waals surface area contributed by atoms with E-state index in [1.54, 1.807) is 54.2 Å². The molecule has 0 saturated heterocycles. The van der Waals surface area contributed by atoms with Crippen LogP contribution in [0.25, 0.3) is 0 Å². The van der Waals surface area contributed by atoms with Crippen molar-refractivity contribution >= 4 is 46.1 Å². The summed E-state index contributed by atoms with van der Waals surface area (Å²) in [5.41, 5.74) is 1.24. The minimum absolute atomic E-state index is 0.301. The molecule has 0 aliphatic rings. The van der Waals surface area contributed by atoms with E-state index in [1.807, 2.05) is 0 Å². The van der Waals surface area contributed by atoms with Crippen LogP contribution in [0.1, 0.15) is 20.3 Å². The fourth-order valence-electron chi connectivity index (χ4n) is 1.90. The molecule has 3 aromatic rings. The molecule has 2 aromatic heterocycles. The van der Waals surface area contributed by atoms with Crippen LogP contribution in [-0.4, -0.2) is 21.8 Å². The van der Waals surface area contributed by atoms with Crippen LogP contribution in [-0.2, 0) is 0 Å². The zero-order valence-corrected chi connectivity index (χ0v) is 13.8. The number of nitrogens with one attached hydrogen (secondary N) is 2. The van der Waals surface area contributed by atoms with Crippen LogP contribution in [0.2, 0.25) is 5.02 Å². The molecule has 0 spiro atoms. The molecule has 0 bridgehead atoms. The summed E-state index contributed by atoms with van der Waals surface area (Å²) in [6.45, 7) is 0. The molecule has 2 amide bonds. The summed E-state index contributed by atoms with van der Waals surface area (Å²) in [6.07, 6.45) is 3.09. The van der Waals surface area contributed by atoms with E-state index in [4.69, 9.17) is 11.6 Å². The predicted octanol–water partition coefficient (Wildman–Crippen LogP) is 3.70. The lowest BCUT2D eigenvalue weighted by molar-refractivity contribution is 0.101. The van der Waals surface area contributed by atoms with Crippen LogP contribution in [0, 0.1) is 0 Å². The molecule has 8 heteroatoms. The molecule has 6 nitrogen and oxygen atoms in total. The van der Waals surface area contributed by atoms with Gasteiger partial charge in [-0.2, -0.15) is 0 Å². The van der Waals surface area contributed by atoms with Gasteiger partial charge in [-0.1, -0.05) is 17.7 Å². The number of halogens is 1. The van der Waals surface area contributed by atoms with Gasteiger partial charge in [-0.05, 0) is 30.3 Å². The first-order chi connectivity index (χ1) is 11.6. The Labute approximate surface area is 146 Å². The number of anilines is 2. The van der Waals surface area contributed by atoms with Crippen molar-refractivity contribution in [2.24, 2.45) is 0 Å². The van der Waals surface area contributed by atoms with Crippen LogP contribution >= 0.6 is 22.9 Å². The smallest absolute Gasteiger partial charge is 0.284 e. The minimum Gasteiger partial charge on any atom is -0.321 e. The second-order valence-electron chi connectivity index (χ2n) is 4.66. The van der Waals surface area contributed by atoms with Gasteiger partial charge in [0.05, 0.1) is 10.7 Å². The standard InChI is InChI=1S/C16H11ClN4O2S/c17-11-9-10(20-14(22)13-3-1-2-6-18-13)4-5-12(11)21-15(23)16-19-7-8-24-16/h1-9H,(H,20,22)(H,21,23). The summed E-state index contributed by atoms with van der Waals surface area (Å²) in [5.74, 6) is -0.677. The molecular weight excluding hydrogens is 348 g/mol. The summed E-state index contributed by atoms with van der Waals surface area (Å²) in [7, 11) is 0. The minimum atomic E-state index is -0.341. The molecular formula is C16H11ClN4O2S. The lowest BCUT2D eigenvalue weighted by atomic mass is 10.2. The predicted molar refractivity (Wildman–Crippen MR) is 93.7 cm³/mol. The number of hydrogen-bond donors (Lipinski definition) is 2. The van der Waals surface area contributed by atoms with Crippen LogP contribution in [0.5, 0.6) is 0 Å². The molecule has 0 atom stereocenters. The summed E-state index contributed by atoms with van der Waals surface area (Å²) in [4.78, 5) is 31.9. The van der Waals surface area contributed by atoms with Gasteiger partial charge in [0.2, 0.25) is 0 Å². The van der Waals surface area contributed by atoms with Crippen molar-refractivity contribution in [3.8, 4) is 0 Å².